The highest BCUT2D eigenvalue weighted by Crippen LogP contribution is 2.20. The van der Waals surface area contributed by atoms with Crippen LogP contribution in [-0.4, -0.2) is 16.7 Å². The summed E-state index contributed by atoms with van der Waals surface area (Å²) in [5, 5.41) is 13.5. The van der Waals surface area contributed by atoms with Gasteiger partial charge in [0.15, 0.2) is 0 Å². The Labute approximate surface area is 139 Å². The maximum Gasteiger partial charge on any atom is 0.275 e. The Kier molecular flexibility index (Phi) is 4.03. The van der Waals surface area contributed by atoms with Gasteiger partial charge in [-0.25, -0.2) is 4.99 Å². The number of carbonyl (C=O) groups excluding carboxylic acids is 1. The minimum atomic E-state index is -0.479. The predicted octanol–water partition coefficient (Wildman–Crippen LogP) is 3.27. The maximum absolute atomic E-state index is 12.0. The minimum Gasteiger partial charge on any atom is -0.305 e. The third-order valence-electron chi connectivity index (χ3n) is 3.18. The molecular formula is C16H10BrN3O3. The molecule has 2 aromatic rings. The number of amides is 1. The predicted molar refractivity (Wildman–Crippen MR) is 89.9 cm³/mol. The van der Waals surface area contributed by atoms with Crippen molar-refractivity contribution in [3.63, 3.8) is 0 Å². The Morgan fingerprint density at radius 2 is 1.96 bits per heavy atom. The van der Waals surface area contributed by atoms with Gasteiger partial charge in [-0.2, -0.15) is 0 Å². The van der Waals surface area contributed by atoms with Gasteiger partial charge in [-0.15, -0.1) is 0 Å². The summed E-state index contributed by atoms with van der Waals surface area (Å²) in [6.07, 6.45) is 1.52. The van der Waals surface area contributed by atoms with E-state index in [-0.39, 0.29) is 17.3 Å². The van der Waals surface area contributed by atoms with Crippen LogP contribution >= 0.6 is 15.9 Å². The molecule has 23 heavy (non-hydrogen) atoms. The van der Waals surface area contributed by atoms with E-state index < -0.39 is 4.92 Å². The third-order valence-corrected chi connectivity index (χ3v) is 3.67. The number of nitrogens with zero attached hydrogens (tertiary/aromatic N) is 2. The molecule has 0 aliphatic carbocycles. The second-order valence-electron chi connectivity index (χ2n) is 4.81. The fourth-order valence-corrected chi connectivity index (χ4v) is 2.53. The number of hydrogen-bond acceptors (Lipinski definition) is 4. The average Bonchev–Trinajstić information content (AvgIpc) is 2.89. The zero-order chi connectivity index (χ0) is 16.4. The first kappa shape index (κ1) is 15.1. The summed E-state index contributed by atoms with van der Waals surface area (Å²) in [6.45, 7) is 0. The number of nitro groups is 1. The monoisotopic (exact) mass is 371 g/mol. The van der Waals surface area contributed by atoms with Crippen molar-refractivity contribution in [2.75, 3.05) is 0 Å². The highest BCUT2D eigenvalue weighted by molar-refractivity contribution is 9.10. The van der Waals surface area contributed by atoms with Crippen molar-refractivity contribution in [2.45, 2.75) is 0 Å². The molecule has 1 aliphatic rings. The number of hydrogen-bond donors (Lipinski definition) is 1. The topological polar surface area (TPSA) is 84.6 Å². The van der Waals surface area contributed by atoms with Crippen LogP contribution in [0.3, 0.4) is 0 Å². The maximum atomic E-state index is 12.0. The molecule has 0 saturated heterocycles. The van der Waals surface area contributed by atoms with E-state index >= 15 is 0 Å². The lowest BCUT2D eigenvalue weighted by Crippen LogP contribution is -2.24. The highest BCUT2D eigenvalue weighted by atomic mass is 79.9. The number of amidine groups is 1. The van der Waals surface area contributed by atoms with E-state index in [4.69, 9.17) is 0 Å². The summed E-state index contributed by atoms with van der Waals surface area (Å²) in [4.78, 5) is 26.6. The molecule has 114 valence electrons. The molecule has 0 atom stereocenters. The van der Waals surface area contributed by atoms with Crippen molar-refractivity contribution in [1.82, 2.24) is 5.32 Å². The minimum absolute atomic E-state index is 0.0334. The van der Waals surface area contributed by atoms with Crippen molar-refractivity contribution >= 4 is 39.4 Å². The average molecular weight is 372 g/mol. The third kappa shape index (κ3) is 3.35. The summed E-state index contributed by atoms with van der Waals surface area (Å²) in [6, 6.07) is 13.4. The van der Waals surface area contributed by atoms with E-state index in [1.165, 1.54) is 18.2 Å². The molecule has 1 amide bonds. The fraction of sp³-hybridized carbons (Fsp3) is 0. The van der Waals surface area contributed by atoms with Crippen LogP contribution < -0.4 is 5.32 Å². The van der Waals surface area contributed by atoms with Crippen LogP contribution in [0, 0.1) is 10.1 Å². The van der Waals surface area contributed by atoms with Gasteiger partial charge in [0, 0.05) is 22.2 Å². The molecule has 0 bridgehead atoms. The summed E-state index contributed by atoms with van der Waals surface area (Å²) < 4.78 is 0.878. The molecule has 2 aromatic carbocycles. The van der Waals surface area contributed by atoms with Crippen LogP contribution in [0.2, 0.25) is 0 Å². The number of carbonyl (C=O) groups is 1. The molecule has 1 N–H and O–H groups in total. The van der Waals surface area contributed by atoms with Crippen LogP contribution in [0.15, 0.2) is 63.7 Å². The van der Waals surface area contributed by atoms with Crippen LogP contribution in [0.5, 0.6) is 0 Å². The van der Waals surface area contributed by atoms with Gasteiger partial charge in [0.25, 0.3) is 11.6 Å². The molecule has 0 spiro atoms. The van der Waals surface area contributed by atoms with Gasteiger partial charge < -0.3 is 5.32 Å². The quantitative estimate of drug-likeness (QED) is 0.510. The molecule has 7 heteroatoms. The van der Waals surface area contributed by atoms with Crippen LogP contribution in [-0.2, 0) is 4.79 Å². The van der Waals surface area contributed by atoms with Crippen molar-refractivity contribution in [3.05, 3.63) is 79.9 Å². The van der Waals surface area contributed by atoms with Crippen LogP contribution in [0.1, 0.15) is 11.1 Å². The van der Waals surface area contributed by atoms with E-state index in [9.17, 15) is 14.9 Å². The summed E-state index contributed by atoms with van der Waals surface area (Å²) in [5.74, 6) is 0.111. The SMILES string of the molecule is O=C1NC(c2cccc(Br)c2)=N/C1=C\c1cccc([N+](=O)[O-])c1. The Morgan fingerprint density at radius 3 is 2.70 bits per heavy atom. The number of nitrogens with one attached hydrogen (secondary N) is 1. The molecule has 0 saturated carbocycles. The Morgan fingerprint density at radius 1 is 1.17 bits per heavy atom. The van der Waals surface area contributed by atoms with Crippen molar-refractivity contribution in [3.8, 4) is 0 Å². The lowest BCUT2D eigenvalue weighted by Gasteiger charge is -2.00. The Hall–Kier alpha value is -2.80. The van der Waals surface area contributed by atoms with Gasteiger partial charge in [-0.05, 0) is 23.8 Å². The molecule has 0 radical (unpaired) electrons. The molecule has 3 rings (SSSR count). The first-order chi connectivity index (χ1) is 11.0. The fourth-order valence-electron chi connectivity index (χ4n) is 2.13. The first-order valence-electron chi connectivity index (χ1n) is 6.65. The second kappa shape index (κ2) is 6.13. The zero-order valence-corrected chi connectivity index (χ0v) is 13.3. The highest BCUT2D eigenvalue weighted by Gasteiger charge is 2.21. The van der Waals surface area contributed by atoms with E-state index in [1.807, 2.05) is 24.3 Å². The Balaban J connectivity index is 1.95. The molecular weight excluding hydrogens is 362 g/mol. The van der Waals surface area contributed by atoms with E-state index in [2.05, 4.69) is 26.2 Å². The standard InChI is InChI=1S/C16H10BrN3O3/c17-12-5-2-4-11(9-12)15-18-14(16(21)19-15)8-10-3-1-6-13(7-10)20(22)23/h1-9H,(H,18,19,21)/b14-8-. The van der Waals surface area contributed by atoms with Gasteiger partial charge in [0.1, 0.15) is 11.5 Å². The van der Waals surface area contributed by atoms with Gasteiger partial charge in [-0.3, -0.25) is 14.9 Å². The van der Waals surface area contributed by atoms with Gasteiger partial charge in [0.2, 0.25) is 0 Å². The summed E-state index contributed by atoms with van der Waals surface area (Å²) in [7, 11) is 0. The molecule has 0 fully saturated rings. The summed E-state index contributed by atoms with van der Waals surface area (Å²) in [5.41, 5.74) is 1.49. The molecule has 0 aromatic heterocycles. The van der Waals surface area contributed by atoms with Crippen molar-refractivity contribution in [1.29, 1.82) is 0 Å². The van der Waals surface area contributed by atoms with Gasteiger partial charge in [-0.1, -0.05) is 40.2 Å². The van der Waals surface area contributed by atoms with Gasteiger partial charge in [0.05, 0.1) is 4.92 Å². The number of halogens is 1. The van der Waals surface area contributed by atoms with E-state index in [0.29, 0.717) is 11.4 Å². The molecule has 1 heterocycles. The number of rotatable bonds is 3. The van der Waals surface area contributed by atoms with E-state index in [1.54, 1.807) is 12.1 Å². The van der Waals surface area contributed by atoms with Crippen molar-refractivity contribution in [2.24, 2.45) is 4.99 Å². The number of non-ortho nitro benzene ring substituents is 1. The smallest absolute Gasteiger partial charge is 0.275 e. The molecule has 6 nitrogen and oxygen atoms in total. The first-order valence-corrected chi connectivity index (χ1v) is 7.44. The van der Waals surface area contributed by atoms with Crippen LogP contribution in [0.4, 0.5) is 5.69 Å². The number of nitro benzene ring substituents is 1. The number of benzene rings is 2. The molecule has 0 unspecified atom stereocenters. The number of aliphatic imine (C=N–C) groups is 1. The second-order valence-corrected chi connectivity index (χ2v) is 5.72. The van der Waals surface area contributed by atoms with E-state index in [0.717, 1.165) is 10.0 Å². The Bertz CT molecular complexity index is 874. The normalized spacial score (nSPS) is 15.4. The lowest BCUT2D eigenvalue weighted by atomic mass is 10.1. The summed E-state index contributed by atoms with van der Waals surface area (Å²) >= 11 is 3.37. The largest absolute Gasteiger partial charge is 0.305 e. The molecule has 1 aliphatic heterocycles. The van der Waals surface area contributed by atoms with Crippen molar-refractivity contribution < 1.29 is 9.72 Å². The van der Waals surface area contributed by atoms with Gasteiger partial charge >= 0.3 is 0 Å². The van der Waals surface area contributed by atoms with Crippen LogP contribution in [0.25, 0.3) is 6.08 Å². The lowest BCUT2D eigenvalue weighted by molar-refractivity contribution is -0.384. The zero-order valence-electron chi connectivity index (χ0n) is 11.7.